The molecular formula is C13H16FN3O2. The lowest BCUT2D eigenvalue weighted by molar-refractivity contribution is -0.384. The van der Waals surface area contributed by atoms with Gasteiger partial charge in [-0.05, 0) is 31.9 Å². The minimum Gasteiger partial charge on any atom is -0.375 e. The molecule has 19 heavy (non-hydrogen) atoms. The van der Waals surface area contributed by atoms with Gasteiger partial charge in [0.2, 0.25) is 0 Å². The second kappa shape index (κ2) is 4.77. The lowest BCUT2D eigenvalue weighted by atomic mass is 10.1. The number of hydrogen-bond acceptors (Lipinski definition) is 4. The highest BCUT2D eigenvalue weighted by Crippen LogP contribution is 2.33. The van der Waals surface area contributed by atoms with Gasteiger partial charge in [0, 0.05) is 30.8 Å². The van der Waals surface area contributed by atoms with Crippen molar-refractivity contribution in [3.63, 3.8) is 0 Å². The first-order valence-electron chi connectivity index (χ1n) is 6.59. The van der Waals surface area contributed by atoms with Crippen molar-refractivity contribution in [1.82, 2.24) is 4.90 Å². The molecule has 2 unspecified atom stereocenters. The summed E-state index contributed by atoms with van der Waals surface area (Å²) in [6, 6.07) is 4.18. The number of rotatable bonds is 3. The first-order valence-corrected chi connectivity index (χ1v) is 6.59. The molecule has 0 spiro atoms. The van der Waals surface area contributed by atoms with Crippen LogP contribution in [0.1, 0.15) is 19.3 Å². The largest absolute Gasteiger partial charge is 0.375 e. The van der Waals surface area contributed by atoms with Gasteiger partial charge in [0.1, 0.15) is 11.5 Å². The Morgan fingerprint density at radius 3 is 3.00 bits per heavy atom. The van der Waals surface area contributed by atoms with E-state index in [1.807, 2.05) is 0 Å². The molecule has 0 saturated carbocycles. The second-order valence-electron chi connectivity index (χ2n) is 5.20. The summed E-state index contributed by atoms with van der Waals surface area (Å²) in [5.74, 6) is -0.450. The van der Waals surface area contributed by atoms with Crippen molar-refractivity contribution >= 4 is 11.4 Å². The van der Waals surface area contributed by atoms with Crippen molar-refractivity contribution < 1.29 is 9.31 Å². The minimum atomic E-state index is -0.469. The van der Waals surface area contributed by atoms with E-state index in [-0.39, 0.29) is 11.7 Å². The molecule has 2 saturated heterocycles. The topological polar surface area (TPSA) is 58.4 Å². The lowest BCUT2D eigenvalue weighted by Crippen LogP contribution is -2.33. The minimum absolute atomic E-state index is 0.0575. The van der Waals surface area contributed by atoms with E-state index in [0.29, 0.717) is 11.7 Å². The van der Waals surface area contributed by atoms with Gasteiger partial charge in [-0.2, -0.15) is 0 Å². The molecule has 1 aromatic rings. The number of benzene rings is 1. The molecule has 0 aromatic heterocycles. The van der Waals surface area contributed by atoms with E-state index in [4.69, 9.17) is 0 Å². The summed E-state index contributed by atoms with van der Waals surface area (Å²) < 4.78 is 13.3. The first-order chi connectivity index (χ1) is 9.15. The van der Waals surface area contributed by atoms with Gasteiger partial charge in [-0.1, -0.05) is 0 Å². The molecule has 2 fully saturated rings. The van der Waals surface area contributed by atoms with E-state index >= 15 is 0 Å². The van der Waals surface area contributed by atoms with Crippen molar-refractivity contribution in [2.75, 3.05) is 18.4 Å². The van der Waals surface area contributed by atoms with Crippen molar-refractivity contribution in [2.24, 2.45) is 0 Å². The SMILES string of the molecule is O=[N+]([O-])c1ccc(F)cc1NC1CCN2CCCC12. The Bertz CT molecular complexity index is 509. The van der Waals surface area contributed by atoms with Gasteiger partial charge in [-0.15, -0.1) is 0 Å². The van der Waals surface area contributed by atoms with Crippen LogP contribution in [0.4, 0.5) is 15.8 Å². The van der Waals surface area contributed by atoms with Gasteiger partial charge in [0.05, 0.1) is 4.92 Å². The van der Waals surface area contributed by atoms with Crippen LogP contribution < -0.4 is 5.32 Å². The van der Waals surface area contributed by atoms with Gasteiger partial charge in [0.15, 0.2) is 0 Å². The number of nitro benzene ring substituents is 1. The fourth-order valence-corrected chi connectivity index (χ4v) is 3.23. The Hall–Kier alpha value is -1.69. The molecule has 0 radical (unpaired) electrons. The highest BCUT2D eigenvalue weighted by molar-refractivity contribution is 5.62. The molecule has 1 aromatic carbocycles. The van der Waals surface area contributed by atoms with Crippen LogP contribution in [0.25, 0.3) is 0 Å². The standard InChI is InChI=1S/C13H16FN3O2/c14-9-3-4-13(17(18)19)11(8-9)15-10-5-7-16-6-1-2-12(10)16/h3-4,8,10,12,15H,1-2,5-7H2. The smallest absolute Gasteiger partial charge is 0.292 e. The van der Waals surface area contributed by atoms with Crippen molar-refractivity contribution in [1.29, 1.82) is 0 Å². The zero-order valence-corrected chi connectivity index (χ0v) is 10.5. The van der Waals surface area contributed by atoms with Crippen LogP contribution in [0, 0.1) is 15.9 Å². The summed E-state index contributed by atoms with van der Waals surface area (Å²) >= 11 is 0. The van der Waals surface area contributed by atoms with E-state index in [0.717, 1.165) is 32.0 Å². The van der Waals surface area contributed by atoms with Crippen LogP contribution in [0.2, 0.25) is 0 Å². The molecule has 0 aliphatic carbocycles. The van der Waals surface area contributed by atoms with Crippen LogP contribution in [-0.4, -0.2) is 35.0 Å². The van der Waals surface area contributed by atoms with E-state index in [1.54, 1.807) is 0 Å². The maximum absolute atomic E-state index is 13.3. The van der Waals surface area contributed by atoms with E-state index < -0.39 is 10.7 Å². The van der Waals surface area contributed by atoms with E-state index in [2.05, 4.69) is 10.2 Å². The Kier molecular flexibility index (Phi) is 3.10. The fraction of sp³-hybridized carbons (Fsp3) is 0.538. The molecule has 0 bridgehead atoms. The van der Waals surface area contributed by atoms with Crippen molar-refractivity contribution in [2.45, 2.75) is 31.3 Å². The van der Waals surface area contributed by atoms with Crippen LogP contribution in [-0.2, 0) is 0 Å². The molecule has 2 heterocycles. The summed E-state index contributed by atoms with van der Waals surface area (Å²) in [5.41, 5.74) is 0.238. The molecule has 3 rings (SSSR count). The molecule has 2 aliphatic heterocycles. The highest BCUT2D eigenvalue weighted by atomic mass is 19.1. The van der Waals surface area contributed by atoms with E-state index in [1.165, 1.54) is 18.6 Å². The summed E-state index contributed by atoms with van der Waals surface area (Å²) in [4.78, 5) is 12.9. The van der Waals surface area contributed by atoms with Gasteiger partial charge < -0.3 is 5.32 Å². The van der Waals surface area contributed by atoms with E-state index in [9.17, 15) is 14.5 Å². The quantitative estimate of drug-likeness (QED) is 0.673. The Morgan fingerprint density at radius 2 is 2.21 bits per heavy atom. The molecule has 2 aliphatic rings. The molecule has 5 nitrogen and oxygen atoms in total. The maximum Gasteiger partial charge on any atom is 0.292 e. The van der Waals surface area contributed by atoms with Crippen LogP contribution in [0.5, 0.6) is 0 Å². The Morgan fingerprint density at radius 1 is 1.37 bits per heavy atom. The number of fused-ring (bicyclic) bond motifs is 1. The molecule has 102 valence electrons. The fourth-order valence-electron chi connectivity index (χ4n) is 3.23. The van der Waals surface area contributed by atoms with Crippen LogP contribution in [0.15, 0.2) is 18.2 Å². The number of hydrogen-bond donors (Lipinski definition) is 1. The van der Waals surface area contributed by atoms with Gasteiger partial charge in [-0.3, -0.25) is 15.0 Å². The molecule has 1 N–H and O–H groups in total. The average molecular weight is 265 g/mol. The number of anilines is 1. The summed E-state index contributed by atoms with van der Waals surface area (Å²) in [7, 11) is 0. The summed E-state index contributed by atoms with van der Waals surface area (Å²) in [5, 5.41) is 14.1. The number of nitro groups is 1. The predicted octanol–water partition coefficient (Wildman–Crippen LogP) is 2.38. The third kappa shape index (κ3) is 2.28. The maximum atomic E-state index is 13.3. The van der Waals surface area contributed by atoms with Crippen molar-refractivity contribution in [3.8, 4) is 0 Å². The molecular weight excluding hydrogens is 249 g/mol. The van der Waals surface area contributed by atoms with Gasteiger partial charge in [-0.25, -0.2) is 4.39 Å². The lowest BCUT2D eigenvalue weighted by Gasteiger charge is -2.22. The van der Waals surface area contributed by atoms with Gasteiger partial charge in [0.25, 0.3) is 5.69 Å². The number of halogens is 1. The number of nitrogens with one attached hydrogen (secondary N) is 1. The Labute approximate surface area is 110 Å². The third-order valence-electron chi connectivity index (χ3n) is 4.10. The summed E-state index contributed by atoms with van der Waals surface area (Å²) in [6.07, 6.45) is 3.24. The zero-order valence-electron chi connectivity index (χ0n) is 10.5. The van der Waals surface area contributed by atoms with Gasteiger partial charge >= 0.3 is 0 Å². The monoisotopic (exact) mass is 265 g/mol. The van der Waals surface area contributed by atoms with Crippen molar-refractivity contribution in [3.05, 3.63) is 34.1 Å². The Balaban J connectivity index is 1.83. The molecule has 0 amide bonds. The first kappa shape index (κ1) is 12.3. The highest BCUT2D eigenvalue weighted by Gasteiger charge is 2.37. The molecule has 6 heteroatoms. The predicted molar refractivity (Wildman–Crippen MR) is 69.7 cm³/mol. The normalized spacial score (nSPS) is 26.4. The van der Waals surface area contributed by atoms with Crippen LogP contribution in [0.3, 0.4) is 0 Å². The average Bonchev–Trinajstić information content (AvgIpc) is 2.94. The summed E-state index contributed by atoms with van der Waals surface area (Å²) in [6.45, 7) is 2.12. The second-order valence-corrected chi connectivity index (χ2v) is 5.20. The zero-order chi connectivity index (χ0) is 13.4. The van der Waals surface area contributed by atoms with Crippen LogP contribution >= 0.6 is 0 Å². The third-order valence-corrected chi connectivity index (χ3v) is 4.10. The number of nitrogens with zero attached hydrogens (tertiary/aromatic N) is 2. The molecule has 2 atom stereocenters.